The fourth-order valence-electron chi connectivity index (χ4n) is 2.08. The maximum absolute atomic E-state index is 11.5. The first kappa shape index (κ1) is 11.5. The van der Waals surface area contributed by atoms with Crippen molar-refractivity contribution in [3.8, 4) is 0 Å². The van der Waals surface area contributed by atoms with Crippen molar-refractivity contribution < 1.29 is 4.84 Å². The molecule has 3 aromatic rings. The summed E-state index contributed by atoms with van der Waals surface area (Å²) >= 11 is 0. The van der Waals surface area contributed by atoms with E-state index in [-0.39, 0.29) is 5.56 Å². The molecule has 0 atom stereocenters. The van der Waals surface area contributed by atoms with E-state index in [4.69, 9.17) is 4.84 Å². The molecule has 94 valence electrons. The third-order valence-electron chi connectivity index (χ3n) is 3.03. The lowest BCUT2D eigenvalue weighted by molar-refractivity contribution is 0.0898. The molecule has 3 rings (SSSR count). The average Bonchev–Trinajstić information content (AvgIpc) is 2.46. The van der Waals surface area contributed by atoms with E-state index in [1.807, 2.05) is 24.3 Å². The van der Waals surface area contributed by atoms with Gasteiger partial charge in [0, 0.05) is 12.3 Å². The van der Waals surface area contributed by atoms with E-state index < -0.39 is 0 Å². The lowest BCUT2D eigenvalue weighted by Gasteiger charge is -2.09. The molecule has 3 nitrogen and oxygen atoms in total. The standard InChI is InChI=1S/C16H13NO2/c18-16-10-3-4-11-17(16)19-12-14-8-5-7-13-6-1-2-9-15(13)14/h1-11H,12H2. The average molecular weight is 251 g/mol. The molecule has 0 aliphatic carbocycles. The van der Waals surface area contributed by atoms with Gasteiger partial charge < -0.3 is 4.84 Å². The van der Waals surface area contributed by atoms with E-state index >= 15 is 0 Å². The lowest BCUT2D eigenvalue weighted by atomic mass is 10.1. The van der Waals surface area contributed by atoms with Crippen LogP contribution in [0.25, 0.3) is 10.8 Å². The SMILES string of the molecule is O=c1ccccn1OCc1cccc2ccccc12. The predicted octanol–water partition coefficient (Wildman–Crippen LogP) is 2.63. The number of fused-ring (bicyclic) bond motifs is 1. The molecule has 0 radical (unpaired) electrons. The van der Waals surface area contributed by atoms with Crippen molar-refractivity contribution in [2.45, 2.75) is 6.61 Å². The molecule has 0 bridgehead atoms. The van der Waals surface area contributed by atoms with Gasteiger partial charge in [0.25, 0.3) is 5.56 Å². The Labute approximate surface area is 110 Å². The summed E-state index contributed by atoms with van der Waals surface area (Å²) in [6.45, 7) is 0.366. The van der Waals surface area contributed by atoms with Gasteiger partial charge in [-0.05, 0) is 22.4 Å². The molecule has 0 amide bonds. The second-order valence-electron chi connectivity index (χ2n) is 4.28. The van der Waals surface area contributed by atoms with Crippen molar-refractivity contribution in [3.63, 3.8) is 0 Å². The van der Waals surface area contributed by atoms with Crippen LogP contribution in [0.4, 0.5) is 0 Å². The molecule has 2 aromatic carbocycles. The highest BCUT2D eigenvalue weighted by Crippen LogP contribution is 2.18. The van der Waals surface area contributed by atoms with Crippen LogP contribution in [0.5, 0.6) is 0 Å². The topological polar surface area (TPSA) is 31.2 Å². The van der Waals surface area contributed by atoms with E-state index in [0.29, 0.717) is 6.61 Å². The molecule has 1 aromatic heterocycles. The Kier molecular flexibility index (Phi) is 3.02. The minimum Gasteiger partial charge on any atom is -0.406 e. The van der Waals surface area contributed by atoms with Gasteiger partial charge in [0.05, 0.1) is 0 Å². The van der Waals surface area contributed by atoms with Crippen molar-refractivity contribution in [2.24, 2.45) is 0 Å². The molecule has 0 N–H and O–H groups in total. The summed E-state index contributed by atoms with van der Waals surface area (Å²) in [5.74, 6) is 0. The van der Waals surface area contributed by atoms with E-state index in [2.05, 4.69) is 18.2 Å². The molecule has 0 unspecified atom stereocenters. The van der Waals surface area contributed by atoms with Gasteiger partial charge in [0.1, 0.15) is 6.61 Å². The fourth-order valence-corrected chi connectivity index (χ4v) is 2.08. The largest absolute Gasteiger partial charge is 0.406 e. The lowest BCUT2D eigenvalue weighted by Crippen LogP contribution is -2.24. The van der Waals surface area contributed by atoms with Gasteiger partial charge in [-0.1, -0.05) is 48.5 Å². The summed E-state index contributed by atoms with van der Waals surface area (Å²) in [6.07, 6.45) is 1.62. The van der Waals surface area contributed by atoms with E-state index in [9.17, 15) is 4.79 Å². The van der Waals surface area contributed by atoms with Crippen molar-refractivity contribution in [1.82, 2.24) is 4.73 Å². The zero-order valence-corrected chi connectivity index (χ0v) is 10.3. The molecule has 0 fully saturated rings. The smallest absolute Gasteiger partial charge is 0.282 e. The number of hydrogen-bond donors (Lipinski definition) is 0. The molecular weight excluding hydrogens is 238 g/mol. The molecule has 0 aliphatic rings. The summed E-state index contributed by atoms with van der Waals surface area (Å²) in [5.41, 5.74) is 0.900. The van der Waals surface area contributed by atoms with Crippen molar-refractivity contribution in [1.29, 1.82) is 0 Å². The Balaban J connectivity index is 1.90. The van der Waals surface area contributed by atoms with Crippen molar-refractivity contribution >= 4 is 10.8 Å². The Hall–Kier alpha value is -2.55. The van der Waals surface area contributed by atoms with Gasteiger partial charge >= 0.3 is 0 Å². The normalized spacial score (nSPS) is 10.5. The third kappa shape index (κ3) is 2.36. The van der Waals surface area contributed by atoms with E-state index in [0.717, 1.165) is 10.9 Å². The van der Waals surface area contributed by atoms with Gasteiger partial charge in [-0.15, -0.1) is 0 Å². The molecule has 0 saturated heterocycles. The first-order valence-electron chi connectivity index (χ1n) is 6.12. The van der Waals surface area contributed by atoms with Crippen LogP contribution in [0.1, 0.15) is 5.56 Å². The number of nitrogens with zero attached hydrogens (tertiary/aromatic N) is 1. The molecular formula is C16H13NO2. The summed E-state index contributed by atoms with van der Waals surface area (Å²) in [7, 11) is 0. The monoisotopic (exact) mass is 251 g/mol. The van der Waals surface area contributed by atoms with Crippen LogP contribution in [-0.2, 0) is 6.61 Å². The maximum Gasteiger partial charge on any atom is 0.282 e. The molecule has 3 heteroatoms. The number of benzene rings is 2. The summed E-state index contributed by atoms with van der Waals surface area (Å²) in [6, 6.07) is 19.1. The van der Waals surface area contributed by atoms with Crippen molar-refractivity contribution in [2.75, 3.05) is 0 Å². The third-order valence-corrected chi connectivity index (χ3v) is 3.03. The minimum atomic E-state index is -0.164. The number of aromatic nitrogens is 1. The van der Waals surface area contributed by atoms with Crippen LogP contribution < -0.4 is 10.4 Å². The van der Waals surface area contributed by atoms with Crippen molar-refractivity contribution in [3.05, 3.63) is 82.8 Å². The molecule has 0 saturated carbocycles. The van der Waals surface area contributed by atoms with E-state index in [1.54, 1.807) is 18.3 Å². The van der Waals surface area contributed by atoms with Gasteiger partial charge in [0.2, 0.25) is 0 Å². The van der Waals surface area contributed by atoms with Crippen LogP contribution in [0.2, 0.25) is 0 Å². The number of rotatable bonds is 3. The first-order chi connectivity index (χ1) is 9.34. The Morgan fingerprint density at radius 1 is 0.895 bits per heavy atom. The first-order valence-corrected chi connectivity index (χ1v) is 6.12. The predicted molar refractivity (Wildman–Crippen MR) is 74.9 cm³/mol. The van der Waals surface area contributed by atoms with Crippen LogP contribution >= 0.6 is 0 Å². The Morgan fingerprint density at radius 2 is 1.68 bits per heavy atom. The Morgan fingerprint density at radius 3 is 2.58 bits per heavy atom. The van der Waals surface area contributed by atoms with Crippen LogP contribution in [0, 0.1) is 0 Å². The highest BCUT2D eigenvalue weighted by atomic mass is 16.7. The molecule has 0 spiro atoms. The summed E-state index contributed by atoms with van der Waals surface area (Å²) in [4.78, 5) is 17.1. The number of hydrogen-bond acceptors (Lipinski definition) is 2. The highest BCUT2D eigenvalue weighted by molar-refractivity contribution is 5.85. The molecule has 0 aliphatic heterocycles. The van der Waals surface area contributed by atoms with Crippen LogP contribution in [0.15, 0.2) is 71.7 Å². The Bertz CT molecular complexity index is 756. The second kappa shape index (κ2) is 4.98. The summed E-state index contributed by atoms with van der Waals surface area (Å²) < 4.78 is 1.25. The second-order valence-corrected chi connectivity index (χ2v) is 4.28. The van der Waals surface area contributed by atoms with Gasteiger partial charge in [-0.25, -0.2) is 0 Å². The van der Waals surface area contributed by atoms with Gasteiger partial charge in [-0.3, -0.25) is 4.79 Å². The quantitative estimate of drug-likeness (QED) is 0.716. The molecule has 19 heavy (non-hydrogen) atoms. The zero-order valence-electron chi connectivity index (χ0n) is 10.3. The fraction of sp³-hybridized carbons (Fsp3) is 0.0625. The molecule has 1 heterocycles. The van der Waals surface area contributed by atoms with Crippen LogP contribution in [-0.4, -0.2) is 4.73 Å². The maximum atomic E-state index is 11.5. The van der Waals surface area contributed by atoms with Gasteiger partial charge in [0.15, 0.2) is 0 Å². The number of pyridine rings is 1. The highest BCUT2D eigenvalue weighted by Gasteiger charge is 2.01. The zero-order chi connectivity index (χ0) is 13.1. The van der Waals surface area contributed by atoms with Crippen LogP contribution in [0.3, 0.4) is 0 Å². The van der Waals surface area contributed by atoms with Gasteiger partial charge in [-0.2, -0.15) is 4.73 Å². The van der Waals surface area contributed by atoms with E-state index in [1.165, 1.54) is 16.2 Å². The summed E-state index contributed by atoms with van der Waals surface area (Å²) in [5, 5.41) is 2.32. The minimum absolute atomic E-state index is 0.164.